The highest BCUT2D eigenvalue weighted by Crippen LogP contribution is 2.26. The topological polar surface area (TPSA) is 102 Å². The third-order valence-corrected chi connectivity index (χ3v) is 7.19. The molecular weight excluding hydrogens is 492 g/mol. The van der Waals surface area contributed by atoms with E-state index in [1.807, 2.05) is 6.92 Å². The Morgan fingerprint density at radius 3 is 2.37 bits per heavy atom. The molecule has 0 aliphatic heterocycles. The molecule has 3 aromatic rings. The van der Waals surface area contributed by atoms with E-state index in [1.165, 1.54) is 42.7 Å². The number of hydrogen-bond donors (Lipinski definition) is 1. The zero-order valence-corrected chi connectivity index (χ0v) is 21.0. The molecule has 0 saturated carbocycles. The van der Waals surface area contributed by atoms with E-state index in [0.29, 0.717) is 28.6 Å². The monoisotopic (exact) mass is 516 g/mol. The number of amides is 1. The van der Waals surface area contributed by atoms with Crippen molar-refractivity contribution >= 4 is 39.2 Å². The van der Waals surface area contributed by atoms with Crippen LogP contribution in [-0.4, -0.2) is 45.4 Å². The number of ether oxygens (including phenoxy) is 2. The summed E-state index contributed by atoms with van der Waals surface area (Å²) in [6.45, 7) is 2.13. The Kier molecular flexibility index (Phi) is 8.50. The minimum Gasteiger partial charge on any atom is -0.494 e. The fraction of sp³-hybridized carbons (Fsp3) is 0.200. The maximum Gasteiger partial charge on any atom is 0.339 e. The van der Waals surface area contributed by atoms with E-state index in [0.717, 1.165) is 0 Å². The second kappa shape index (κ2) is 11.4. The van der Waals surface area contributed by atoms with E-state index in [-0.39, 0.29) is 22.6 Å². The van der Waals surface area contributed by atoms with E-state index in [1.54, 1.807) is 42.5 Å². The number of para-hydroxylation sites is 1. The predicted molar refractivity (Wildman–Crippen MR) is 133 cm³/mol. The fourth-order valence-corrected chi connectivity index (χ4v) is 4.60. The van der Waals surface area contributed by atoms with Gasteiger partial charge < -0.3 is 14.8 Å². The molecule has 0 aromatic heterocycles. The average Bonchev–Trinajstić information content (AvgIpc) is 2.85. The Labute approximate surface area is 209 Å². The molecule has 0 aliphatic carbocycles. The van der Waals surface area contributed by atoms with E-state index in [4.69, 9.17) is 21.1 Å². The van der Waals surface area contributed by atoms with Crippen molar-refractivity contribution in [2.75, 3.05) is 26.1 Å². The lowest BCUT2D eigenvalue weighted by molar-refractivity contribution is 0.0602. The van der Waals surface area contributed by atoms with Gasteiger partial charge in [0.1, 0.15) is 5.75 Å². The summed E-state index contributed by atoms with van der Waals surface area (Å²) in [5.41, 5.74) is 1.27. The molecule has 0 radical (unpaired) electrons. The van der Waals surface area contributed by atoms with Gasteiger partial charge in [0.05, 0.1) is 29.9 Å². The summed E-state index contributed by atoms with van der Waals surface area (Å²) in [5.74, 6) is -0.603. The van der Waals surface area contributed by atoms with Gasteiger partial charge in [0.15, 0.2) is 0 Å². The summed E-state index contributed by atoms with van der Waals surface area (Å²) < 4.78 is 37.6. The number of nitrogens with zero attached hydrogens (tertiary/aromatic N) is 1. The lowest BCUT2D eigenvalue weighted by Gasteiger charge is -2.20. The van der Waals surface area contributed by atoms with Crippen LogP contribution in [0, 0.1) is 0 Å². The number of hydrogen-bond acceptors (Lipinski definition) is 6. The van der Waals surface area contributed by atoms with Crippen molar-refractivity contribution in [3.05, 3.63) is 88.4 Å². The molecule has 0 fully saturated rings. The molecule has 35 heavy (non-hydrogen) atoms. The summed E-state index contributed by atoms with van der Waals surface area (Å²) in [4.78, 5) is 25.1. The van der Waals surface area contributed by atoms with Gasteiger partial charge in [-0.05, 0) is 61.5 Å². The number of benzene rings is 3. The number of carbonyl (C=O) groups is 2. The molecule has 0 spiro atoms. The van der Waals surface area contributed by atoms with Crippen molar-refractivity contribution in [3.8, 4) is 5.75 Å². The first-order valence-corrected chi connectivity index (χ1v) is 12.5. The Morgan fingerprint density at radius 1 is 1.03 bits per heavy atom. The fourth-order valence-electron chi connectivity index (χ4n) is 3.33. The maximum atomic E-state index is 13.0. The van der Waals surface area contributed by atoms with Crippen molar-refractivity contribution in [1.29, 1.82) is 0 Å². The van der Waals surface area contributed by atoms with E-state index in [9.17, 15) is 18.0 Å². The molecule has 1 amide bonds. The first kappa shape index (κ1) is 26.2. The number of rotatable bonds is 9. The van der Waals surface area contributed by atoms with Crippen LogP contribution in [0.2, 0.25) is 5.02 Å². The SMILES string of the molecule is CCOc1ccc(C(=O)Nc2ccccc2C(=O)OC)cc1CN(C)S(=O)(=O)c1ccc(Cl)cc1. The van der Waals surface area contributed by atoms with Crippen molar-refractivity contribution in [3.63, 3.8) is 0 Å². The highest BCUT2D eigenvalue weighted by molar-refractivity contribution is 7.89. The molecule has 0 heterocycles. The van der Waals surface area contributed by atoms with Gasteiger partial charge in [-0.3, -0.25) is 4.79 Å². The first-order chi connectivity index (χ1) is 16.7. The molecule has 0 atom stereocenters. The van der Waals surface area contributed by atoms with E-state index < -0.39 is 21.9 Å². The minimum atomic E-state index is -3.82. The lowest BCUT2D eigenvalue weighted by Crippen LogP contribution is -2.27. The summed E-state index contributed by atoms with van der Waals surface area (Å²) in [6, 6.07) is 17.1. The smallest absolute Gasteiger partial charge is 0.339 e. The minimum absolute atomic E-state index is 0.0415. The Hall–Kier alpha value is -3.40. The highest BCUT2D eigenvalue weighted by atomic mass is 35.5. The van der Waals surface area contributed by atoms with Crippen LogP contribution in [-0.2, 0) is 21.3 Å². The number of carbonyl (C=O) groups excluding carboxylic acids is 2. The Morgan fingerprint density at radius 2 is 1.71 bits per heavy atom. The van der Waals surface area contributed by atoms with Crippen LogP contribution in [0.4, 0.5) is 5.69 Å². The molecule has 0 unspecified atom stereocenters. The second-order valence-electron chi connectivity index (χ2n) is 7.46. The largest absolute Gasteiger partial charge is 0.494 e. The number of anilines is 1. The molecule has 0 saturated heterocycles. The third kappa shape index (κ3) is 6.19. The first-order valence-electron chi connectivity index (χ1n) is 10.6. The number of nitrogens with one attached hydrogen (secondary N) is 1. The quantitative estimate of drug-likeness (QED) is 0.417. The van der Waals surface area contributed by atoms with Crippen molar-refractivity contribution in [2.45, 2.75) is 18.4 Å². The number of halogens is 1. The van der Waals surface area contributed by atoms with Crippen LogP contribution in [0.15, 0.2) is 71.6 Å². The maximum absolute atomic E-state index is 13.0. The zero-order chi connectivity index (χ0) is 25.6. The van der Waals surface area contributed by atoms with Gasteiger partial charge in [0, 0.05) is 29.7 Å². The van der Waals surface area contributed by atoms with Crippen molar-refractivity contribution in [1.82, 2.24) is 4.31 Å². The van der Waals surface area contributed by atoms with Crippen LogP contribution >= 0.6 is 11.6 Å². The molecule has 0 aliphatic rings. The number of esters is 1. The standard InChI is InChI=1S/C25H25ClN2O6S/c1-4-34-23-14-9-17(24(29)27-22-8-6-5-7-21(22)25(30)33-3)15-18(23)16-28(2)35(31,32)20-12-10-19(26)11-13-20/h5-15H,4,16H2,1-3H3,(H,27,29). The molecular formula is C25H25ClN2O6S. The van der Waals surface area contributed by atoms with Gasteiger partial charge in [0.2, 0.25) is 10.0 Å². The zero-order valence-electron chi connectivity index (χ0n) is 19.4. The van der Waals surface area contributed by atoms with Gasteiger partial charge in [-0.15, -0.1) is 0 Å². The average molecular weight is 517 g/mol. The van der Waals surface area contributed by atoms with E-state index >= 15 is 0 Å². The molecule has 0 bridgehead atoms. The van der Waals surface area contributed by atoms with Gasteiger partial charge in [-0.1, -0.05) is 23.7 Å². The van der Waals surface area contributed by atoms with Crippen LogP contribution in [0.1, 0.15) is 33.2 Å². The molecule has 3 rings (SSSR count). The third-order valence-electron chi connectivity index (χ3n) is 5.12. The number of sulfonamides is 1. The molecule has 3 aromatic carbocycles. The molecule has 1 N–H and O–H groups in total. The second-order valence-corrected chi connectivity index (χ2v) is 9.94. The van der Waals surface area contributed by atoms with Crippen LogP contribution in [0.5, 0.6) is 5.75 Å². The van der Waals surface area contributed by atoms with Gasteiger partial charge in [0.25, 0.3) is 5.91 Å². The van der Waals surface area contributed by atoms with Crippen LogP contribution < -0.4 is 10.1 Å². The van der Waals surface area contributed by atoms with Crippen LogP contribution in [0.3, 0.4) is 0 Å². The summed E-state index contributed by atoms with van der Waals surface area (Å²) in [6.07, 6.45) is 0. The van der Waals surface area contributed by atoms with Crippen LogP contribution in [0.25, 0.3) is 0 Å². The van der Waals surface area contributed by atoms with Crippen molar-refractivity contribution < 1.29 is 27.5 Å². The Bertz CT molecular complexity index is 1330. The van der Waals surface area contributed by atoms with Gasteiger partial charge in [-0.25, -0.2) is 13.2 Å². The van der Waals surface area contributed by atoms with Gasteiger partial charge >= 0.3 is 5.97 Å². The Balaban J connectivity index is 1.89. The highest BCUT2D eigenvalue weighted by Gasteiger charge is 2.23. The molecule has 184 valence electrons. The number of methoxy groups -OCH3 is 1. The predicted octanol–water partition coefficient (Wildman–Crippen LogP) is 4.60. The normalized spacial score (nSPS) is 11.2. The summed E-state index contributed by atoms with van der Waals surface area (Å²) in [7, 11) is -1.12. The molecule has 8 nitrogen and oxygen atoms in total. The lowest BCUT2D eigenvalue weighted by atomic mass is 10.1. The summed E-state index contributed by atoms with van der Waals surface area (Å²) in [5, 5.41) is 3.14. The van der Waals surface area contributed by atoms with Gasteiger partial charge in [-0.2, -0.15) is 4.31 Å². The molecule has 10 heteroatoms. The van der Waals surface area contributed by atoms with Crippen molar-refractivity contribution in [2.24, 2.45) is 0 Å². The summed E-state index contributed by atoms with van der Waals surface area (Å²) >= 11 is 5.88. The van der Waals surface area contributed by atoms with E-state index in [2.05, 4.69) is 5.32 Å².